The zero-order chi connectivity index (χ0) is 19.7. The number of anilines is 1. The molecule has 0 radical (unpaired) electrons. The summed E-state index contributed by atoms with van der Waals surface area (Å²) in [4.78, 5) is 18.0. The van der Waals surface area contributed by atoms with Crippen LogP contribution in [0.25, 0.3) is 22.3 Å². The fourth-order valence-corrected chi connectivity index (χ4v) is 3.28. The molecule has 4 aromatic rings. The Morgan fingerprint density at radius 2 is 1.86 bits per heavy atom. The van der Waals surface area contributed by atoms with Crippen LogP contribution >= 0.6 is 0 Å². The monoisotopic (exact) mass is 370 g/mol. The lowest BCUT2D eigenvalue weighted by Gasteiger charge is -2.11. The number of carbonyl (C=O) groups is 1. The summed E-state index contributed by atoms with van der Waals surface area (Å²) in [5.41, 5.74) is 5.96. The summed E-state index contributed by atoms with van der Waals surface area (Å²) in [7, 11) is 0. The van der Waals surface area contributed by atoms with Gasteiger partial charge in [0.15, 0.2) is 5.65 Å². The summed E-state index contributed by atoms with van der Waals surface area (Å²) in [6, 6.07) is 17.8. The van der Waals surface area contributed by atoms with Crippen LogP contribution in [0.4, 0.5) is 5.69 Å². The van der Waals surface area contributed by atoms with E-state index in [0.717, 1.165) is 39.1 Å². The third kappa shape index (κ3) is 3.27. The molecule has 28 heavy (non-hydrogen) atoms. The van der Waals surface area contributed by atoms with E-state index in [1.807, 2.05) is 80.1 Å². The molecule has 0 unspecified atom stereocenters. The van der Waals surface area contributed by atoms with Gasteiger partial charge in [0.25, 0.3) is 5.91 Å². The maximum atomic E-state index is 13.2. The number of carbonyl (C=O) groups excluding carboxylic acids is 1. The first-order valence-electron chi connectivity index (χ1n) is 9.37. The Bertz CT molecular complexity index is 1160. The van der Waals surface area contributed by atoms with Crippen LogP contribution in [0.2, 0.25) is 0 Å². The average Bonchev–Trinajstić information content (AvgIpc) is 3.13. The summed E-state index contributed by atoms with van der Waals surface area (Å²) in [5.74, 6) is -0.158. The van der Waals surface area contributed by atoms with E-state index in [4.69, 9.17) is 4.98 Å². The highest BCUT2D eigenvalue weighted by Crippen LogP contribution is 2.26. The molecule has 5 nitrogen and oxygen atoms in total. The van der Waals surface area contributed by atoms with E-state index in [2.05, 4.69) is 10.4 Å². The van der Waals surface area contributed by atoms with Gasteiger partial charge in [-0.3, -0.25) is 4.79 Å². The predicted octanol–water partition coefficient (Wildman–Crippen LogP) is 4.99. The van der Waals surface area contributed by atoms with Crippen LogP contribution in [-0.4, -0.2) is 20.7 Å². The van der Waals surface area contributed by atoms with E-state index < -0.39 is 0 Å². The fraction of sp³-hybridized carbons (Fsp3) is 0.174. The van der Waals surface area contributed by atoms with Crippen LogP contribution in [0.15, 0.2) is 60.8 Å². The largest absolute Gasteiger partial charge is 0.322 e. The summed E-state index contributed by atoms with van der Waals surface area (Å²) in [6.45, 7) is 6.70. The third-order valence-electron chi connectivity index (χ3n) is 4.86. The molecule has 0 aliphatic rings. The number of amides is 1. The second-order valence-corrected chi connectivity index (χ2v) is 6.89. The maximum absolute atomic E-state index is 13.2. The van der Waals surface area contributed by atoms with Gasteiger partial charge in [-0.25, -0.2) is 9.67 Å². The Kier molecular flexibility index (Phi) is 4.65. The molecule has 5 heteroatoms. The van der Waals surface area contributed by atoms with E-state index in [-0.39, 0.29) is 5.91 Å². The lowest BCUT2D eigenvalue weighted by atomic mass is 10.1. The van der Waals surface area contributed by atoms with Gasteiger partial charge < -0.3 is 5.32 Å². The first-order chi connectivity index (χ1) is 13.6. The summed E-state index contributed by atoms with van der Waals surface area (Å²) >= 11 is 0. The third-order valence-corrected chi connectivity index (χ3v) is 4.86. The van der Waals surface area contributed by atoms with E-state index >= 15 is 0 Å². The minimum atomic E-state index is -0.158. The van der Waals surface area contributed by atoms with Crippen LogP contribution in [0.5, 0.6) is 0 Å². The van der Waals surface area contributed by atoms with Crippen molar-refractivity contribution >= 4 is 22.6 Å². The molecule has 2 aromatic carbocycles. The number of aromatic nitrogens is 3. The van der Waals surface area contributed by atoms with Gasteiger partial charge in [-0.1, -0.05) is 42.5 Å². The normalized spacial score (nSPS) is 11.0. The number of pyridine rings is 1. The molecule has 2 heterocycles. The molecule has 0 atom stereocenters. The highest BCUT2D eigenvalue weighted by Gasteiger charge is 2.18. The molecular formula is C23H22N4O. The minimum absolute atomic E-state index is 0.158. The summed E-state index contributed by atoms with van der Waals surface area (Å²) in [5, 5.41) is 8.22. The Hall–Kier alpha value is -3.47. The van der Waals surface area contributed by atoms with Gasteiger partial charge in [0.05, 0.1) is 22.8 Å². The van der Waals surface area contributed by atoms with Crippen molar-refractivity contribution < 1.29 is 4.79 Å². The predicted molar refractivity (Wildman–Crippen MR) is 113 cm³/mol. The Labute approximate surface area is 164 Å². The van der Waals surface area contributed by atoms with Crippen LogP contribution in [-0.2, 0) is 6.54 Å². The summed E-state index contributed by atoms with van der Waals surface area (Å²) in [6.07, 6.45) is 1.72. The number of nitrogens with zero attached hydrogens (tertiary/aromatic N) is 3. The highest BCUT2D eigenvalue weighted by atomic mass is 16.1. The number of aryl methyl sites for hydroxylation is 3. The van der Waals surface area contributed by atoms with E-state index in [0.29, 0.717) is 12.1 Å². The summed E-state index contributed by atoms with van der Waals surface area (Å²) < 4.78 is 1.82. The van der Waals surface area contributed by atoms with Crippen LogP contribution in [0, 0.1) is 13.8 Å². The standard InChI is InChI=1S/C23H22N4O/c1-4-27-22-19(14-24-27)18(13-21(25-22)17-8-6-5-7-9-17)23(28)26-20-12-15(2)10-11-16(20)3/h5-14H,4H2,1-3H3,(H,26,28). The molecular weight excluding hydrogens is 348 g/mol. The number of fused-ring (bicyclic) bond motifs is 1. The van der Waals surface area contributed by atoms with E-state index in [1.165, 1.54) is 0 Å². The van der Waals surface area contributed by atoms with Crippen molar-refractivity contribution in [3.05, 3.63) is 77.5 Å². The lowest BCUT2D eigenvalue weighted by molar-refractivity contribution is 0.102. The van der Waals surface area contributed by atoms with Crippen molar-refractivity contribution in [1.82, 2.24) is 14.8 Å². The Morgan fingerprint density at radius 1 is 1.07 bits per heavy atom. The second kappa shape index (κ2) is 7.27. The van der Waals surface area contributed by atoms with Gasteiger partial charge in [-0.15, -0.1) is 0 Å². The second-order valence-electron chi connectivity index (χ2n) is 6.89. The molecule has 2 aromatic heterocycles. The molecule has 0 aliphatic heterocycles. The number of nitrogens with one attached hydrogen (secondary N) is 1. The molecule has 140 valence electrons. The van der Waals surface area contributed by atoms with Gasteiger partial charge >= 0.3 is 0 Å². The highest BCUT2D eigenvalue weighted by molar-refractivity contribution is 6.12. The van der Waals surface area contributed by atoms with Crippen LogP contribution in [0.3, 0.4) is 0 Å². The van der Waals surface area contributed by atoms with Crippen molar-refractivity contribution in [3.63, 3.8) is 0 Å². The van der Waals surface area contributed by atoms with Crippen molar-refractivity contribution in [2.75, 3.05) is 5.32 Å². The first-order valence-corrected chi connectivity index (χ1v) is 9.37. The zero-order valence-electron chi connectivity index (χ0n) is 16.2. The maximum Gasteiger partial charge on any atom is 0.256 e. The van der Waals surface area contributed by atoms with Crippen LogP contribution in [0.1, 0.15) is 28.4 Å². The van der Waals surface area contributed by atoms with Crippen molar-refractivity contribution in [2.24, 2.45) is 0 Å². The van der Waals surface area contributed by atoms with Crippen molar-refractivity contribution in [2.45, 2.75) is 27.3 Å². The zero-order valence-corrected chi connectivity index (χ0v) is 16.2. The minimum Gasteiger partial charge on any atom is -0.322 e. The number of hydrogen-bond acceptors (Lipinski definition) is 3. The number of benzene rings is 2. The van der Waals surface area contributed by atoms with Gasteiger partial charge in [0, 0.05) is 17.8 Å². The molecule has 0 bridgehead atoms. The molecule has 1 amide bonds. The van der Waals surface area contributed by atoms with Crippen molar-refractivity contribution in [3.8, 4) is 11.3 Å². The number of hydrogen-bond donors (Lipinski definition) is 1. The van der Waals surface area contributed by atoms with E-state index in [9.17, 15) is 4.79 Å². The fourth-order valence-electron chi connectivity index (χ4n) is 3.28. The number of rotatable bonds is 4. The molecule has 0 aliphatic carbocycles. The first kappa shape index (κ1) is 17.9. The lowest BCUT2D eigenvalue weighted by Crippen LogP contribution is -2.14. The average molecular weight is 370 g/mol. The molecule has 1 N–H and O–H groups in total. The van der Waals surface area contributed by atoms with Gasteiger partial charge in [0.2, 0.25) is 0 Å². The SMILES string of the molecule is CCn1ncc2c(C(=O)Nc3cc(C)ccc3C)cc(-c3ccccc3)nc21. The Morgan fingerprint density at radius 3 is 2.61 bits per heavy atom. The molecule has 0 spiro atoms. The van der Waals surface area contributed by atoms with E-state index in [1.54, 1.807) is 6.20 Å². The Balaban J connectivity index is 1.84. The molecule has 0 saturated heterocycles. The van der Waals surface area contributed by atoms with Gasteiger partial charge in [-0.05, 0) is 44.0 Å². The topological polar surface area (TPSA) is 59.8 Å². The molecule has 4 rings (SSSR count). The molecule has 0 fully saturated rings. The smallest absolute Gasteiger partial charge is 0.256 e. The van der Waals surface area contributed by atoms with Gasteiger partial charge in [0.1, 0.15) is 0 Å². The molecule has 0 saturated carbocycles. The van der Waals surface area contributed by atoms with Crippen molar-refractivity contribution in [1.29, 1.82) is 0 Å². The van der Waals surface area contributed by atoms with Gasteiger partial charge in [-0.2, -0.15) is 5.10 Å². The van der Waals surface area contributed by atoms with Crippen LogP contribution < -0.4 is 5.32 Å². The quantitative estimate of drug-likeness (QED) is 0.551.